The van der Waals surface area contributed by atoms with Gasteiger partial charge in [-0.25, -0.2) is 9.97 Å². The van der Waals surface area contributed by atoms with Crippen LogP contribution in [0.5, 0.6) is 0 Å². The van der Waals surface area contributed by atoms with E-state index in [0.717, 1.165) is 49.5 Å². The van der Waals surface area contributed by atoms with Crippen LogP contribution in [0.15, 0.2) is 30.6 Å². The molecule has 7 nitrogen and oxygen atoms in total. The number of nitrogens with one attached hydrogen (secondary N) is 1. The van der Waals surface area contributed by atoms with Crippen molar-refractivity contribution in [1.29, 1.82) is 0 Å². The van der Waals surface area contributed by atoms with Gasteiger partial charge in [-0.15, -0.1) is 0 Å². The first-order chi connectivity index (χ1) is 14.8. The van der Waals surface area contributed by atoms with Gasteiger partial charge in [-0.1, -0.05) is 38.4 Å². The van der Waals surface area contributed by atoms with Gasteiger partial charge in [0.1, 0.15) is 11.0 Å². The number of benzene rings is 1. The maximum absolute atomic E-state index is 11.2. The van der Waals surface area contributed by atoms with Crippen LogP contribution in [0.25, 0.3) is 0 Å². The van der Waals surface area contributed by atoms with E-state index in [0.29, 0.717) is 22.9 Å². The van der Waals surface area contributed by atoms with E-state index in [1.807, 2.05) is 19.1 Å². The van der Waals surface area contributed by atoms with Gasteiger partial charge >= 0.3 is 5.97 Å². The Morgan fingerprint density at radius 3 is 2.61 bits per heavy atom. The van der Waals surface area contributed by atoms with E-state index in [9.17, 15) is 9.90 Å². The fourth-order valence-corrected chi connectivity index (χ4v) is 4.04. The van der Waals surface area contributed by atoms with E-state index in [1.165, 1.54) is 6.20 Å². The van der Waals surface area contributed by atoms with Gasteiger partial charge in [0.15, 0.2) is 0 Å². The molecule has 0 amide bonds. The number of nitrogens with zero attached hydrogens (tertiary/aromatic N) is 3. The highest BCUT2D eigenvalue weighted by atomic mass is 35.5. The molecule has 2 heterocycles. The van der Waals surface area contributed by atoms with Crippen LogP contribution in [0.4, 0.5) is 17.2 Å². The Balaban J connectivity index is 2.00. The van der Waals surface area contributed by atoms with Crippen LogP contribution < -0.4 is 10.2 Å². The average molecular weight is 447 g/mol. The van der Waals surface area contributed by atoms with Gasteiger partial charge in [-0.05, 0) is 42.4 Å². The fraction of sp³-hybridized carbons (Fsp3) is 0.522. The Kier molecular flexibility index (Phi) is 8.09. The van der Waals surface area contributed by atoms with Crippen molar-refractivity contribution in [2.75, 3.05) is 30.0 Å². The largest absolute Gasteiger partial charge is 0.481 e. The molecule has 3 rings (SSSR count). The second-order valence-corrected chi connectivity index (χ2v) is 8.90. The molecule has 0 spiro atoms. The molecule has 2 aromatic rings. The summed E-state index contributed by atoms with van der Waals surface area (Å²) in [5, 5.41) is 12.9. The predicted octanol–water partition coefficient (Wildman–Crippen LogP) is 5.09. The number of halogens is 1. The number of ether oxygens (including phenoxy) is 1. The summed E-state index contributed by atoms with van der Waals surface area (Å²) in [5.41, 5.74) is 2.93. The zero-order valence-corrected chi connectivity index (χ0v) is 19.1. The summed E-state index contributed by atoms with van der Waals surface area (Å²) in [6.07, 6.45) is 5.13. The molecule has 1 aliphatic heterocycles. The summed E-state index contributed by atoms with van der Waals surface area (Å²) in [7, 11) is 0. The number of aliphatic carboxylic acids is 1. The third-order valence-corrected chi connectivity index (χ3v) is 5.65. The minimum absolute atomic E-state index is 0.0786. The van der Waals surface area contributed by atoms with Crippen LogP contribution in [0.3, 0.4) is 0 Å². The van der Waals surface area contributed by atoms with E-state index in [4.69, 9.17) is 16.3 Å². The minimum atomic E-state index is -0.807. The topological polar surface area (TPSA) is 87.6 Å². The van der Waals surface area contributed by atoms with E-state index in [-0.39, 0.29) is 12.3 Å². The van der Waals surface area contributed by atoms with Crippen LogP contribution in [-0.2, 0) is 9.53 Å². The number of rotatable bonds is 9. The second-order valence-electron chi connectivity index (χ2n) is 8.51. The van der Waals surface area contributed by atoms with Crippen molar-refractivity contribution in [1.82, 2.24) is 9.97 Å². The molecule has 8 heteroatoms. The molecule has 0 aliphatic carbocycles. The average Bonchev–Trinajstić information content (AvgIpc) is 2.74. The molecule has 1 aromatic heterocycles. The van der Waals surface area contributed by atoms with Crippen LogP contribution in [0, 0.1) is 5.92 Å². The summed E-state index contributed by atoms with van der Waals surface area (Å²) in [5.74, 6) is 0.158. The molecular formula is C23H31ClN4O3. The Morgan fingerprint density at radius 2 is 2.00 bits per heavy atom. The Hall–Kier alpha value is -2.38. The van der Waals surface area contributed by atoms with Crippen molar-refractivity contribution in [2.24, 2.45) is 5.92 Å². The molecule has 1 aromatic carbocycles. The lowest BCUT2D eigenvalue weighted by molar-refractivity contribution is -0.137. The highest BCUT2D eigenvalue weighted by Gasteiger charge is 2.25. The first-order valence-corrected chi connectivity index (χ1v) is 11.2. The maximum Gasteiger partial charge on any atom is 0.303 e. The third-order valence-electron chi connectivity index (χ3n) is 5.46. The Morgan fingerprint density at radius 1 is 1.26 bits per heavy atom. The van der Waals surface area contributed by atoms with Crippen LogP contribution in [-0.4, -0.2) is 46.8 Å². The lowest BCUT2D eigenvalue weighted by Crippen LogP contribution is -2.42. The lowest BCUT2D eigenvalue weighted by atomic mass is 9.95. The normalized spacial score (nSPS) is 15.6. The highest BCUT2D eigenvalue weighted by Crippen LogP contribution is 2.35. The van der Waals surface area contributed by atoms with Crippen molar-refractivity contribution in [2.45, 2.75) is 52.0 Å². The molecule has 0 bridgehead atoms. The summed E-state index contributed by atoms with van der Waals surface area (Å²) in [6, 6.07) is 6.55. The van der Waals surface area contributed by atoms with Crippen LogP contribution >= 0.6 is 11.6 Å². The zero-order valence-electron chi connectivity index (χ0n) is 18.3. The third kappa shape index (κ3) is 6.55. The molecule has 0 saturated carbocycles. The van der Waals surface area contributed by atoms with E-state index >= 15 is 0 Å². The number of hydrogen-bond donors (Lipinski definition) is 2. The number of aromatic nitrogens is 2. The van der Waals surface area contributed by atoms with Gasteiger partial charge < -0.3 is 20.1 Å². The molecule has 1 unspecified atom stereocenters. The Labute approximate surface area is 188 Å². The molecule has 0 radical (unpaired) electrons. The summed E-state index contributed by atoms with van der Waals surface area (Å²) < 4.78 is 5.59. The van der Waals surface area contributed by atoms with Crippen molar-refractivity contribution in [3.63, 3.8) is 0 Å². The first-order valence-electron chi connectivity index (χ1n) is 10.8. The Bertz CT molecular complexity index is 870. The molecule has 31 heavy (non-hydrogen) atoms. The summed E-state index contributed by atoms with van der Waals surface area (Å²) >= 11 is 5.89. The van der Waals surface area contributed by atoms with E-state index < -0.39 is 5.97 Å². The molecule has 1 fully saturated rings. The molecule has 168 valence electrons. The number of anilines is 3. The van der Waals surface area contributed by atoms with Crippen molar-refractivity contribution in [3.8, 4) is 0 Å². The maximum atomic E-state index is 11.2. The smallest absolute Gasteiger partial charge is 0.303 e. The van der Waals surface area contributed by atoms with Gasteiger partial charge in [0, 0.05) is 25.8 Å². The monoisotopic (exact) mass is 446 g/mol. The zero-order chi connectivity index (χ0) is 22.4. The molecule has 1 atom stereocenters. The van der Waals surface area contributed by atoms with E-state index in [1.54, 1.807) is 6.20 Å². The molecule has 1 saturated heterocycles. The summed E-state index contributed by atoms with van der Waals surface area (Å²) in [6.45, 7) is 8.80. The molecule has 1 aliphatic rings. The predicted molar refractivity (Wildman–Crippen MR) is 123 cm³/mol. The van der Waals surface area contributed by atoms with E-state index in [2.05, 4.69) is 40.1 Å². The standard InChI is InChI=1S/C23H31ClN4O3/c1-15(2)14-28(18-6-8-31-9-7-18)20-5-4-17(16(3)10-23(29)30)11-19(20)27-22-13-25-21(24)12-26-22/h4-5,11-13,15-16,18H,6-10,14H2,1-3H3,(H,26,27)(H,29,30). The lowest BCUT2D eigenvalue weighted by Gasteiger charge is -2.38. The van der Waals surface area contributed by atoms with Gasteiger partial charge in [0.25, 0.3) is 0 Å². The van der Waals surface area contributed by atoms with Gasteiger partial charge in [0.2, 0.25) is 0 Å². The van der Waals surface area contributed by atoms with Crippen molar-refractivity contribution in [3.05, 3.63) is 41.3 Å². The fourth-order valence-electron chi connectivity index (χ4n) is 3.94. The first kappa shape index (κ1) is 23.3. The quantitative estimate of drug-likeness (QED) is 0.554. The summed E-state index contributed by atoms with van der Waals surface area (Å²) in [4.78, 5) is 22.1. The van der Waals surface area contributed by atoms with Gasteiger partial charge in [0.05, 0.1) is 30.2 Å². The van der Waals surface area contributed by atoms with Gasteiger partial charge in [-0.2, -0.15) is 0 Å². The van der Waals surface area contributed by atoms with Crippen molar-refractivity contribution >= 4 is 34.8 Å². The molecule has 2 N–H and O–H groups in total. The number of carboxylic acids is 1. The number of carbonyl (C=O) groups is 1. The number of hydrogen-bond acceptors (Lipinski definition) is 6. The number of carboxylic acid groups (broad SMARTS) is 1. The second kappa shape index (κ2) is 10.8. The highest BCUT2D eigenvalue weighted by molar-refractivity contribution is 6.29. The van der Waals surface area contributed by atoms with Crippen LogP contribution in [0.1, 0.15) is 51.5 Å². The van der Waals surface area contributed by atoms with Crippen LogP contribution in [0.2, 0.25) is 5.15 Å². The van der Waals surface area contributed by atoms with Gasteiger partial charge in [-0.3, -0.25) is 4.79 Å². The van der Waals surface area contributed by atoms with Crippen molar-refractivity contribution < 1.29 is 14.6 Å². The SMILES string of the molecule is CC(C)CN(c1ccc(C(C)CC(=O)O)cc1Nc1cnc(Cl)cn1)C1CCOCC1. The molecular weight excluding hydrogens is 416 g/mol. The minimum Gasteiger partial charge on any atom is -0.481 e.